The minimum Gasteiger partial charge on any atom is -0.381 e. The van der Waals surface area contributed by atoms with Gasteiger partial charge in [-0.1, -0.05) is 0 Å². The molecule has 0 atom stereocenters. The van der Waals surface area contributed by atoms with Crippen molar-refractivity contribution in [1.29, 1.82) is 0 Å². The zero-order valence-electron chi connectivity index (χ0n) is 12.2. The SMILES string of the molecule is CNC(=O)N1CCn2c(C3CCOCC3)nc(C)c2C1. The first-order chi connectivity index (χ1) is 9.70. The van der Waals surface area contributed by atoms with Crippen LogP contribution in [0.15, 0.2) is 0 Å². The molecule has 1 fully saturated rings. The fourth-order valence-corrected chi connectivity index (χ4v) is 3.16. The van der Waals surface area contributed by atoms with Gasteiger partial charge in [0.2, 0.25) is 0 Å². The fraction of sp³-hybridized carbons (Fsp3) is 0.714. The summed E-state index contributed by atoms with van der Waals surface area (Å²) in [7, 11) is 1.68. The molecule has 110 valence electrons. The van der Waals surface area contributed by atoms with Crippen LogP contribution in [0.2, 0.25) is 0 Å². The topological polar surface area (TPSA) is 59.4 Å². The molecule has 2 aliphatic heterocycles. The fourth-order valence-electron chi connectivity index (χ4n) is 3.16. The first-order valence-electron chi connectivity index (χ1n) is 7.31. The van der Waals surface area contributed by atoms with Crippen LogP contribution in [0.3, 0.4) is 0 Å². The minimum atomic E-state index is -0.00975. The molecule has 0 bridgehead atoms. The maximum absolute atomic E-state index is 11.8. The second-order valence-electron chi connectivity index (χ2n) is 5.52. The lowest BCUT2D eigenvalue weighted by atomic mass is 9.99. The van der Waals surface area contributed by atoms with Crippen molar-refractivity contribution in [3.05, 3.63) is 17.2 Å². The largest absolute Gasteiger partial charge is 0.381 e. The van der Waals surface area contributed by atoms with Gasteiger partial charge in [0.05, 0.1) is 17.9 Å². The van der Waals surface area contributed by atoms with Crippen molar-refractivity contribution >= 4 is 6.03 Å². The number of aryl methyl sites for hydroxylation is 1. The number of hydrogen-bond donors (Lipinski definition) is 1. The van der Waals surface area contributed by atoms with E-state index >= 15 is 0 Å². The normalized spacial score (nSPS) is 19.8. The van der Waals surface area contributed by atoms with Crippen LogP contribution in [0, 0.1) is 6.92 Å². The van der Waals surface area contributed by atoms with Crippen molar-refractivity contribution in [2.45, 2.75) is 38.8 Å². The predicted octanol–water partition coefficient (Wildman–Crippen LogP) is 1.24. The summed E-state index contributed by atoms with van der Waals surface area (Å²) >= 11 is 0. The highest BCUT2D eigenvalue weighted by atomic mass is 16.5. The van der Waals surface area contributed by atoms with Crippen molar-refractivity contribution in [2.75, 3.05) is 26.8 Å². The van der Waals surface area contributed by atoms with Crippen LogP contribution in [0.1, 0.15) is 36.0 Å². The molecule has 3 rings (SSSR count). The number of rotatable bonds is 1. The quantitative estimate of drug-likeness (QED) is 0.841. The molecule has 6 heteroatoms. The van der Waals surface area contributed by atoms with Gasteiger partial charge in [0, 0.05) is 39.3 Å². The monoisotopic (exact) mass is 278 g/mol. The molecule has 1 N–H and O–H groups in total. The molecule has 1 aromatic rings. The number of urea groups is 1. The number of carbonyl (C=O) groups excluding carboxylic acids is 1. The Morgan fingerprint density at radius 2 is 2.10 bits per heavy atom. The van der Waals surface area contributed by atoms with Crippen LogP contribution in [-0.2, 0) is 17.8 Å². The van der Waals surface area contributed by atoms with Crippen molar-refractivity contribution in [3.63, 3.8) is 0 Å². The highest BCUT2D eigenvalue weighted by molar-refractivity contribution is 5.73. The summed E-state index contributed by atoms with van der Waals surface area (Å²) in [5.41, 5.74) is 2.24. The molecule has 0 saturated carbocycles. The van der Waals surface area contributed by atoms with Gasteiger partial charge >= 0.3 is 6.03 Å². The van der Waals surface area contributed by atoms with Gasteiger partial charge in [-0.25, -0.2) is 9.78 Å². The maximum atomic E-state index is 11.8. The minimum absolute atomic E-state index is 0.00975. The first-order valence-corrected chi connectivity index (χ1v) is 7.31. The van der Waals surface area contributed by atoms with Gasteiger partial charge in [-0.2, -0.15) is 0 Å². The van der Waals surface area contributed by atoms with Crippen molar-refractivity contribution in [3.8, 4) is 0 Å². The van der Waals surface area contributed by atoms with E-state index in [2.05, 4.69) is 9.88 Å². The Labute approximate surface area is 119 Å². The number of aromatic nitrogens is 2. The number of ether oxygens (including phenoxy) is 1. The average molecular weight is 278 g/mol. The van der Waals surface area contributed by atoms with Crippen LogP contribution < -0.4 is 5.32 Å². The van der Waals surface area contributed by atoms with Crippen LogP contribution in [0.4, 0.5) is 4.79 Å². The summed E-state index contributed by atoms with van der Waals surface area (Å²) in [6.07, 6.45) is 2.10. The van der Waals surface area contributed by atoms with Crippen LogP contribution >= 0.6 is 0 Å². The first kappa shape index (κ1) is 13.4. The summed E-state index contributed by atoms with van der Waals surface area (Å²) in [4.78, 5) is 18.4. The smallest absolute Gasteiger partial charge is 0.317 e. The third kappa shape index (κ3) is 2.28. The molecule has 0 aliphatic carbocycles. The number of nitrogens with zero attached hydrogens (tertiary/aromatic N) is 3. The van der Waals surface area contributed by atoms with E-state index in [-0.39, 0.29) is 6.03 Å². The van der Waals surface area contributed by atoms with E-state index in [4.69, 9.17) is 9.72 Å². The Balaban J connectivity index is 1.85. The molecule has 2 amide bonds. The number of nitrogens with one attached hydrogen (secondary N) is 1. The molecule has 2 aliphatic rings. The number of imidazole rings is 1. The van der Waals surface area contributed by atoms with Gasteiger partial charge in [0.1, 0.15) is 5.82 Å². The van der Waals surface area contributed by atoms with E-state index in [0.717, 1.165) is 44.8 Å². The summed E-state index contributed by atoms with van der Waals surface area (Å²) in [6, 6.07) is -0.00975. The van der Waals surface area contributed by atoms with E-state index < -0.39 is 0 Å². The van der Waals surface area contributed by atoms with Crippen LogP contribution in [0.25, 0.3) is 0 Å². The summed E-state index contributed by atoms with van der Waals surface area (Å²) in [5, 5.41) is 2.70. The Hall–Kier alpha value is -1.56. The average Bonchev–Trinajstić information content (AvgIpc) is 2.84. The molecule has 0 unspecified atom stereocenters. The van der Waals surface area contributed by atoms with Gasteiger partial charge in [0.25, 0.3) is 0 Å². The number of amides is 2. The van der Waals surface area contributed by atoms with Crippen molar-refractivity contribution < 1.29 is 9.53 Å². The highest BCUT2D eigenvalue weighted by Crippen LogP contribution is 2.30. The maximum Gasteiger partial charge on any atom is 0.317 e. The third-order valence-electron chi connectivity index (χ3n) is 4.32. The molecule has 6 nitrogen and oxygen atoms in total. The Bertz CT molecular complexity index is 506. The van der Waals surface area contributed by atoms with Gasteiger partial charge < -0.3 is 19.5 Å². The molecular formula is C14H22N4O2. The molecule has 3 heterocycles. The lowest BCUT2D eigenvalue weighted by Crippen LogP contribution is -2.43. The van der Waals surface area contributed by atoms with E-state index in [9.17, 15) is 4.79 Å². The zero-order chi connectivity index (χ0) is 14.1. The third-order valence-corrected chi connectivity index (χ3v) is 4.32. The molecular weight excluding hydrogens is 256 g/mol. The van der Waals surface area contributed by atoms with Gasteiger partial charge in [-0.05, 0) is 19.8 Å². The molecule has 1 saturated heterocycles. The van der Waals surface area contributed by atoms with Crippen molar-refractivity contribution in [1.82, 2.24) is 19.8 Å². The second kappa shape index (κ2) is 5.44. The number of carbonyl (C=O) groups is 1. The second-order valence-corrected chi connectivity index (χ2v) is 5.52. The lowest BCUT2D eigenvalue weighted by Gasteiger charge is -2.30. The van der Waals surface area contributed by atoms with Crippen LogP contribution in [0.5, 0.6) is 0 Å². The van der Waals surface area contributed by atoms with Gasteiger partial charge in [-0.3, -0.25) is 0 Å². The number of fused-ring (bicyclic) bond motifs is 1. The van der Waals surface area contributed by atoms with E-state index in [1.165, 1.54) is 11.5 Å². The van der Waals surface area contributed by atoms with Crippen LogP contribution in [-0.4, -0.2) is 47.3 Å². The highest BCUT2D eigenvalue weighted by Gasteiger charge is 2.28. The van der Waals surface area contributed by atoms with E-state index in [1.807, 2.05) is 11.8 Å². The number of hydrogen-bond acceptors (Lipinski definition) is 3. The predicted molar refractivity (Wildman–Crippen MR) is 74.6 cm³/mol. The molecule has 1 aromatic heterocycles. The summed E-state index contributed by atoms with van der Waals surface area (Å²) < 4.78 is 7.76. The molecule has 0 aromatic carbocycles. The molecule has 0 spiro atoms. The van der Waals surface area contributed by atoms with Crippen molar-refractivity contribution in [2.24, 2.45) is 0 Å². The van der Waals surface area contributed by atoms with Gasteiger partial charge in [0.15, 0.2) is 0 Å². The summed E-state index contributed by atoms with van der Waals surface area (Å²) in [6.45, 7) is 5.95. The van der Waals surface area contributed by atoms with E-state index in [0.29, 0.717) is 12.5 Å². The Kier molecular flexibility index (Phi) is 3.65. The molecule has 20 heavy (non-hydrogen) atoms. The van der Waals surface area contributed by atoms with Gasteiger partial charge in [-0.15, -0.1) is 0 Å². The zero-order valence-corrected chi connectivity index (χ0v) is 12.2. The Morgan fingerprint density at radius 1 is 1.35 bits per heavy atom. The summed E-state index contributed by atoms with van der Waals surface area (Å²) in [5.74, 6) is 1.69. The standard InChI is InChI=1S/C14H22N4O2/c1-10-12-9-17(14(19)15-2)5-6-18(12)13(16-10)11-3-7-20-8-4-11/h11H,3-9H2,1-2H3,(H,15,19). The van der Waals surface area contributed by atoms with E-state index in [1.54, 1.807) is 7.05 Å². The lowest BCUT2D eigenvalue weighted by molar-refractivity contribution is 0.0823. The molecule has 0 radical (unpaired) electrons. The Morgan fingerprint density at radius 3 is 2.80 bits per heavy atom.